The molecular formula is C26H24ClNO6. The van der Waals surface area contributed by atoms with Gasteiger partial charge in [0.15, 0.2) is 0 Å². The van der Waals surface area contributed by atoms with Crippen molar-refractivity contribution in [3.63, 3.8) is 0 Å². The first-order valence-corrected chi connectivity index (χ1v) is 10.9. The van der Waals surface area contributed by atoms with Crippen molar-refractivity contribution in [1.82, 2.24) is 0 Å². The van der Waals surface area contributed by atoms with Crippen LogP contribution in [0, 0.1) is 20.8 Å². The molecule has 1 amide bonds. The molecule has 1 N–H and O–H groups in total. The van der Waals surface area contributed by atoms with E-state index in [0.29, 0.717) is 23.0 Å². The van der Waals surface area contributed by atoms with E-state index in [4.69, 9.17) is 25.5 Å². The number of Topliss-reactive ketones (excluding diaryl/α,β-unsaturated/α-hetero) is 1. The lowest BCUT2D eigenvalue weighted by atomic mass is 9.98. The number of hydrogen-bond acceptors (Lipinski definition) is 6. The number of nitrogens with zero attached hydrogens (tertiary/aromatic N) is 1. The molecule has 1 fully saturated rings. The van der Waals surface area contributed by atoms with Crippen LogP contribution >= 0.6 is 11.6 Å². The predicted molar refractivity (Wildman–Crippen MR) is 129 cm³/mol. The van der Waals surface area contributed by atoms with E-state index in [9.17, 15) is 14.7 Å². The number of methoxy groups -OCH3 is 2. The molecule has 1 unspecified atom stereocenters. The number of carbonyl (C=O) groups excluding carboxylic acids is 2. The van der Waals surface area contributed by atoms with Gasteiger partial charge in [-0.05, 0) is 50.6 Å². The van der Waals surface area contributed by atoms with Crippen molar-refractivity contribution >= 4 is 34.7 Å². The van der Waals surface area contributed by atoms with Crippen LogP contribution < -0.4 is 14.4 Å². The Bertz CT molecular complexity index is 1340. The van der Waals surface area contributed by atoms with Crippen molar-refractivity contribution in [3.8, 4) is 11.5 Å². The maximum Gasteiger partial charge on any atom is 0.300 e. The van der Waals surface area contributed by atoms with Gasteiger partial charge in [-0.15, -0.1) is 0 Å². The second-order valence-electron chi connectivity index (χ2n) is 8.09. The molecule has 34 heavy (non-hydrogen) atoms. The smallest absolute Gasteiger partial charge is 0.300 e. The molecule has 1 atom stereocenters. The summed E-state index contributed by atoms with van der Waals surface area (Å²) in [5, 5.41) is 11.6. The van der Waals surface area contributed by atoms with Crippen LogP contribution in [0.15, 0.2) is 52.5 Å². The number of furan rings is 1. The zero-order valence-electron chi connectivity index (χ0n) is 19.4. The maximum absolute atomic E-state index is 13.3. The Balaban J connectivity index is 1.99. The number of carbonyl (C=O) groups is 2. The van der Waals surface area contributed by atoms with E-state index >= 15 is 0 Å². The number of aryl methyl sites for hydroxylation is 3. The average molecular weight is 482 g/mol. The van der Waals surface area contributed by atoms with Gasteiger partial charge in [-0.3, -0.25) is 14.5 Å². The van der Waals surface area contributed by atoms with Crippen LogP contribution in [0.1, 0.15) is 34.3 Å². The molecule has 176 valence electrons. The normalized spacial score (nSPS) is 17.4. The molecule has 0 aliphatic carbocycles. The van der Waals surface area contributed by atoms with Crippen molar-refractivity contribution in [3.05, 3.63) is 81.3 Å². The highest BCUT2D eigenvalue weighted by atomic mass is 35.5. The number of amides is 1. The number of aliphatic hydroxyl groups is 1. The third kappa shape index (κ3) is 3.82. The van der Waals surface area contributed by atoms with E-state index in [2.05, 4.69) is 0 Å². The standard InChI is InChI=1S/C26H24ClNO6/c1-13-6-8-18(14(2)10-13)28-23(19-9-7-15(3)34-19)22(25(30)26(28)31)24(29)16-11-17(27)21(33-5)12-20(16)32-4/h6-12,23,29H,1-5H3/b24-22+. The molecule has 4 rings (SSSR count). The van der Waals surface area contributed by atoms with Gasteiger partial charge < -0.3 is 19.0 Å². The average Bonchev–Trinajstić information content (AvgIpc) is 3.34. The van der Waals surface area contributed by atoms with E-state index in [0.717, 1.165) is 11.1 Å². The summed E-state index contributed by atoms with van der Waals surface area (Å²) in [6.07, 6.45) is 0. The Labute approximate surface area is 202 Å². The first kappa shape index (κ1) is 23.4. The summed E-state index contributed by atoms with van der Waals surface area (Å²) in [4.78, 5) is 28.0. The maximum atomic E-state index is 13.3. The third-order valence-electron chi connectivity index (χ3n) is 5.82. The quantitative estimate of drug-likeness (QED) is 0.294. The van der Waals surface area contributed by atoms with Gasteiger partial charge in [0.2, 0.25) is 0 Å². The molecule has 0 bridgehead atoms. The summed E-state index contributed by atoms with van der Waals surface area (Å²) in [5.74, 6) is -0.527. The van der Waals surface area contributed by atoms with Gasteiger partial charge in [0.25, 0.3) is 11.7 Å². The van der Waals surface area contributed by atoms with Crippen LogP contribution in [0.2, 0.25) is 5.02 Å². The molecule has 2 heterocycles. The van der Waals surface area contributed by atoms with Crippen molar-refractivity contribution in [2.45, 2.75) is 26.8 Å². The van der Waals surface area contributed by atoms with E-state index in [1.54, 1.807) is 25.1 Å². The number of hydrogen-bond donors (Lipinski definition) is 1. The molecule has 1 aliphatic heterocycles. The Kier molecular flexibility index (Phi) is 6.15. The van der Waals surface area contributed by atoms with Gasteiger partial charge in [-0.25, -0.2) is 0 Å². The van der Waals surface area contributed by atoms with Gasteiger partial charge in [0.05, 0.1) is 30.4 Å². The lowest BCUT2D eigenvalue weighted by molar-refractivity contribution is -0.132. The minimum Gasteiger partial charge on any atom is -0.507 e. The Morgan fingerprint density at radius 1 is 1.00 bits per heavy atom. The lowest BCUT2D eigenvalue weighted by Gasteiger charge is -2.25. The van der Waals surface area contributed by atoms with Crippen LogP contribution in [0.4, 0.5) is 5.69 Å². The Morgan fingerprint density at radius 3 is 2.29 bits per heavy atom. The minimum absolute atomic E-state index is 0.126. The zero-order chi connectivity index (χ0) is 24.7. The topological polar surface area (TPSA) is 89.2 Å². The zero-order valence-corrected chi connectivity index (χ0v) is 20.2. The van der Waals surface area contributed by atoms with Crippen LogP contribution in [0.5, 0.6) is 11.5 Å². The highest BCUT2D eigenvalue weighted by Crippen LogP contribution is 2.45. The molecule has 1 aliphatic rings. The number of ketones is 1. The van der Waals surface area contributed by atoms with Crippen LogP contribution in [0.25, 0.3) is 5.76 Å². The number of benzene rings is 2. The van der Waals surface area contributed by atoms with Crippen LogP contribution in [-0.4, -0.2) is 31.0 Å². The summed E-state index contributed by atoms with van der Waals surface area (Å²) in [6.45, 7) is 5.56. The molecule has 0 spiro atoms. The molecule has 1 aromatic heterocycles. The fraction of sp³-hybridized carbons (Fsp3) is 0.231. The van der Waals surface area contributed by atoms with E-state index in [1.165, 1.54) is 31.3 Å². The summed E-state index contributed by atoms with van der Waals surface area (Å²) in [7, 11) is 2.87. The lowest BCUT2D eigenvalue weighted by Crippen LogP contribution is -2.30. The van der Waals surface area contributed by atoms with Gasteiger partial charge >= 0.3 is 0 Å². The molecule has 1 saturated heterocycles. The molecular weight excluding hydrogens is 458 g/mol. The fourth-order valence-electron chi connectivity index (χ4n) is 4.22. The third-order valence-corrected chi connectivity index (χ3v) is 6.11. The summed E-state index contributed by atoms with van der Waals surface area (Å²) in [5.41, 5.74) is 2.39. The second kappa shape index (κ2) is 8.91. The summed E-state index contributed by atoms with van der Waals surface area (Å²) in [6, 6.07) is 10.9. The summed E-state index contributed by atoms with van der Waals surface area (Å²) < 4.78 is 16.5. The summed E-state index contributed by atoms with van der Waals surface area (Å²) >= 11 is 6.30. The van der Waals surface area contributed by atoms with E-state index < -0.39 is 23.5 Å². The number of ether oxygens (including phenoxy) is 2. The minimum atomic E-state index is -0.985. The predicted octanol–water partition coefficient (Wildman–Crippen LogP) is 5.50. The van der Waals surface area contributed by atoms with Gasteiger partial charge in [0, 0.05) is 11.8 Å². The van der Waals surface area contributed by atoms with Crippen molar-refractivity contribution in [2.75, 3.05) is 19.1 Å². The van der Waals surface area contributed by atoms with Crippen LogP contribution in [0.3, 0.4) is 0 Å². The molecule has 2 aromatic carbocycles. The number of rotatable bonds is 5. The highest BCUT2D eigenvalue weighted by Gasteiger charge is 2.49. The molecule has 0 saturated carbocycles. The Morgan fingerprint density at radius 2 is 1.71 bits per heavy atom. The Hall–Kier alpha value is -3.71. The van der Waals surface area contributed by atoms with Crippen LogP contribution in [-0.2, 0) is 9.59 Å². The van der Waals surface area contributed by atoms with Crippen molar-refractivity contribution in [1.29, 1.82) is 0 Å². The first-order valence-electron chi connectivity index (χ1n) is 10.5. The van der Waals surface area contributed by atoms with Crippen molar-refractivity contribution in [2.24, 2.45) is 0 Å². The first-order chi connectivity index (χ1) is 16.2. The fourth-order valence-corrected chi connectivity index (χ4v) is 4.46. The molecule has 0 radical (unpaired) electrons. The van der Waals surface area contributed by atoms with Gasteiger partial charge in [-0.1, -0.05) is 29.3 Å². The SMILES string of the molecule is COc1cc(OC)c(/C(O)=C2\C(=O)C(=O)N(c3ccc(C)cc3C)C2c2ccc(C)o2)cc1Cl. The molecule has 3 aromatic rings. The monoisotopic (exact) mass is 481 g/mol. The largest absolute Gasteiger partial charge is 0.507 e. The molecule has 7 nitrogen and oxygen atoms in total. The van der Waals surface area contributed by atoms with Gasteiger partial charge in [0.1, 0.15) is 34.8 Å². The van der Waals surface area contributed by atoms with E-state index in [1.807, 2.05) is 26.0 Å². The second-order valence-corrected chi connectivity index (χ2v) is 8.50. The van der Waals surface area contributed by atoms with Crippen molar-refractivity contribution < 1.29 is 28.6 Å². The molecule has 8 heteroatoms. The number of aliphatic hydroxyl groups excluding tert-OH is 1. The number of anilines is 1. The highest BCUT2D eigenvalue weighted by molar-refractivity contribution is 6.51. The number of halogens is 1. The van der Waals surface area contributed by atoms with Gasteiger partial charge in [-0.2, -0.15) is 0 Å². The van der Waals surface area contributed by atoms with E-state index in [-0.39, 0.29) is 21.9 Å².